The van der Waals surface area contributed by atoms with Gasteiger partial charge in [-0.05, 0) is 12.8 Å². The van der Waals surface area contributed by atoms with Crippen molar-refractivity contribution in [1.82, 2.24) is 15.5 Å². The smallest absolute Gasteiger partial charge is 0.255 e. The van der Waals surface area contributed by atoms with E-state index in [0.29, 0.717) is 25.5 Å². The van der Waals surface area contributed by atoms with Crippen LogP contribution in [0.4, 0.5) is 8.78 Å². The summed E-state index contributed by atoms with van der Waals surface area (Å²) in [4.78, 5) is 17.4. The molecule has 0 aromatic heterocycles. The first-order chi connectivity index (χ1) is 9.04. The quantitative estimate of drug-likeness (QED) is 0.567. The molecule has 1 amide bonds. The van der Waals surface area contributed by atoms with Gasteiger partial charge in [0, 0.05) is 38.5 Å². The minimum atomic E-state index is -2.40. The highest BCUT2D eigenvalue weighted by Crippen LogP contribution is 2.35. The SMILES string of the molecule is CN=C(NCC(F)F)N1CCCC2(CNC(=O)C2)C1. The minimum absolute atomic E-state index is 0.0578. The average Bonchev–Trinajstić information content (AvgIpc) is 2.71. The Morgan fingerprint density at radius 2 is 2.42 bits per heavy atom. The maximum atomic E-state index is 12.3. The lowest BCUT2D eigenvalue weighted by Gasteiger charge is -2.40. The van der Waals surface area contributed by atoms with Gasteiger partial charge in [0.1, 0.15) is 0 Å². The molecule has 2 aliphatic heterocycles. The number of hydrogen-bond acceptors (Lipinski definition) is 2. The Morgan fingerprint density at radius 1 is 1.63 bits per heavy atom. The predicted octanol–water partition coefficient (Wildman–Crippen LogP) is 0.429. The largest absolute Gasteiger partial charge is 0.355 e. The molecule has 108 valence electrons. The molecule has 2 aliphatic rings. The number of likely N-dealkylation sites (tertiary alicyclic amines) is 1. The molecule has 0 radical (unpaired) electrons. The Hall–Kier alpha value is -1.40. The summed E-state index contributed by atoms with van der Waals surface area (Å²) in [6.07, 6.45) is 0.0681. The Balaban J connectivity index is 1.98. The van der Waals surface area contributed by atoms with E-state index in [0.717, 1.165) is 19.4 Å². The van der Waals surface area contributed by atoms with Crippen LogP contribution in [-0.2, 0) is 4.79 Å². The standard InChI is InChI=1S/C12H20F2N4O/c1-15-11(16-6-9(13)14)18-4-2-3-12(8-18)5-10(19)17-7-12/h9H,2-8H2,1H3,(H,15,16)(H,17,19). The third-order valence-electron chi connectivity index (χ3n) is 3.78. The van der Waals surface area contributed by atoms with Gasteiger partial charge in [-0.2, -0.15) is 0 Å². The molecule has 19 heavy (non-hydrogen) atoms. The maximum Gasteiger partial charge on any atom is 0.255 e. The lowest BCUT2D eigenvalue weighted by atomic mass is 9.79. The van der Waals surface area contributed by atoms with E-state index in [4.69, 9.17) is 0 Å². The highest BCUT2D eigenvalue weighted by molar-refractivity contribution is 5.81. The van der Waals surface area contributed by atoms with Crippen LogP contribution in [-0.4, -0.2) is 56.4 Å². The van der Waals surface area contributed by atoms with Crippen molar-refractivity contribution in [3.8, 4) is 0 Å². The van der Waals surface area contributed by atoms with Crippen LogP contribution < -0.4 is 10.6 Å². The fourth-order valence-electron chi connectivity index (χ4n) is 2.93. The number of halogens is 2. The van der Waals surface area contributed by atoms with Crippen LogP contribution in [0.1, 0.15) is 19.3 Å². The van der Waals surface area contributed by atoms with E-state index in [2.05, 4.69) is 15.6 Å². The topological polar surface area (TPSA) is 56.7 Å². The van der Waals surface area contributed by atoms with E-state index in [1.165, 1.54) is 0 Å². The van der Waals surface area contributed by atoms with Crippen molar-refractivity contribution < 1.29 is 13.6 Å². The fraction of sp³-hybridized carbons (Fsp3) is 0.833. The van der Waals surface area contributed by atoms with Gasteiger partial charge in [0.15, 0.2) is 5.96 Å². The molecule has 0 aliphatic carbocycles. The number of nitrogens with one attached hydrogen (secondary N) is 2. The number of hydrogen-bond donors (Lipinski definition) is 2. The number of nitrogens with zero attached hydrogens (tertiary/aromatic N) is 2. The monoisotopic (exact) mass is 274 g/mol. The van der Waals surface area contributed by atoms with Crippen molar-refractivity contribution in [2.24, 2.45) is 10.4 Å². The molecule has 0 bridgehead atoms. The number of amides is 1. The van der Waals surface area contributed by atoms with E-state index >= 15 is 0 Å². The molecular formula is C12H20F2N4O. The lowest BCUT2D eigenvalue weighted by molar-refractivity contribution is -0.119. The summed E-state index contributed by atoms with van der Waals surface area (Å²) in [7, 11) is 1.59. The zero-order chi connectivity index (χ0) is 13.9. The molecule has 2 saturated heterocycles. The summed E-state index contributed by atoms with van der Waals surface area (Å²) in [5, 5.41) is 5.54. The van der Waals surface area contributed by atoms with Crippen molar-refractivity contribution in [2.45, 2.75) is 25.7 Å². The fourth-order valence-corrected chi connectivity index (χ4v) is 2.93. The summed E-state index contributed by atoms with van der Waals surface area (Å²) < 4.78 is 24.5. The van der Waals surface area contributed by atoms with Crippen molar-refractivity contribution in [3.05, 3.63) is 0 Å². The van der Waals surface area contributed by atoms with Gasteiger partial charge in [0.2, 0.25) is 5.91 Å². The summed E-state index contributed by atoms with van der Waals surface area (Å²) >= 11 is 0. The molecule has 1 spiro atoms. The summed E-state index contributed by atoms with van der Waals surface area (Å²) in [5.74, 6) is 0.580. The van der Waals surface area contributed by atoms with Gasteiger partial charge < -0.3 is 15.5 Å². The molecule has 7 heteroatoms. The first-order valence-electron chi connectivity index (χ1n) is 6.55. The first-order valence-corrected chi connectivity index (χ1v) is 6.55. The zero-order valence-electron chi connectivity index (χ0n) is 11.1. The first kappa shape index (κ1) is 14.0. The van der Waals surface area contributed by atoms with Crippen LogP contribution in [0.2, 0.25) is 0 Å². The molecule has 5 nitrogen and oxygen atoms in total. The van der Waals surface area contributed by atoms with E-state index in [-0.39, 0.29) is 11.3 Å². The van der Waals surface area contributed by atoms with E-state index in [9.17, 15) is 13.6 Å². The number of aliphatic imine (C=N–C) groups is 1. The normalized spacial score (nSPS) is 28.1. The molecule has 2 heterocycles. The second kappa shape index (κ2) is 5.71. The highest BCUT2D eigenvalue weighted by atomic mass is 19.3. The number of carbonyl (C=O) groups excluding carboxylic acids is 1. The van der Waals surface area contributed by atoms with Crippen molar-refractivity contribution >= 4 is 11.9 Å². The van der Waals surface area contributed by atoms with Crippen molar-refractivity contribution in [1.29, 1.82) is 0 Å². The third kappa shape index (κ3) is 3.33. The second-order valence-corrected chi connectivity index (χ2v) is 5.30. The average molecular weight is 274 g/mol. The Kier molecular flexibility index (Phi) is 4.21. The van der Waals surface area contributed by atoms with Gasteiger partial charge in [0.05, 0.1) is 6.54 Å². The lowest BCUT2D eigenvalue weighted by Crippen LogP contribution is -2.51. The molecule has 2 fully saturated rings. The Labute approximate surface area is 111 Å². The zero-order valence-corrected chi connectivity index (χ0v) is 11.1. The Morgan fingerprint density at radius 3 is 3.00 bits per heavy atom. The number of alkyl halides is 2. The van der Waals surface area contributed by atoms with Gasteiger partial charge in [0.25, 0.3) is 6.43 Å². The number of rotatable bonds is 2. The van der Waals surface area contributed by atoms with Crippen LogP contribution in [0.25, 0.3) is 0 Å². The van der Waals surface area contributed by atoms with E-state index in [1.54, 1.807) is 7.05 Å². The van der Waals surface area contributed by atoms with Crippen LogP contribution in [0, 0.1) is 5.41 Å². The van der Waals surface area contributed by atoms with Gasteiger partial charge in [-0.15, -0.1) is 0 Å². The molecule has 1 atom stereocenters. The molecule has 0 aromatic carbocycles. The van der Waals surface area contributed by atoms with Gasteiger partial charge >= 0.3 is 0 Å². The van der Waals surface area contributed by atoms with Crippen LogP contribution in [0.3, 0.4) is 0 Å². The van der Waals surface area contributed by atoms with Crippen LogP contribution in [0.5, 0.6) is 0 Å². The van der Waals surface area contributed by atoms with Crippen LogP contribution >= 0.6 is 0 Å². The summed E-state index contributed by atoms with van der Waals surface area (Å²) in [6.45, 7) is 1.76. The van der Waals surface area contributed by atoms with Crippen molar-refractivity contribution in [2.75, 3.05) is 33.2 Å². The van der Waals surface area contributed by atoms with Gasteiger partial charge in [-0.25, -0.2) is 8.78 Å². The minimum Gasteiger partial charge on any atom is -0.355 e. The molecule has 1 unspecified atom stereocenters. The second-order valence-electron chi connectivity index (χ2n) is 5.30. The predicted molar refractivity (Wildman–Crippen MR) is 68.2 cm³/mol. The Bertz CT molecular complexity index is 375. The molecule has 0 aromatic rings. The number of carbonyl (C=O) groups is 1. The van der Waals surface area contributed by atoms with Gasteiger partial charge in [-0.3, -0.25) is 9.79 Å². The highest BCUT2D eigenvalue weighted by Gasteiger charge is 2.42. The molecule has 2 rings (SSSR count). The maximum absolute atomic E-state index is 12.3. The van der Waals surface area contributed by atoms with Crippen LogP contribution in [0.15, 0.2) is 4.99 Å². The van der Waals surface area contributed by atoms with Crippen molar-refractivity contribution in [3.63, 3.8) is 0 Å². The van der Waals surface area contributed by atoms with E-state index in [1.807, 2.05) is 4.90 Å². The number of piperidine rings is 1. The molecule has 2 N–H and O–H groups in total. The number of guanidine groups is 1. The molecule has 0 saturated carbocycles. The van der Waals surface area contributed by atoms with Gasteiger partial charge in [-0.1, -0.05) is 0 Å². The third-order valence-corrected chi connectivity index (χ3v) is 3.78. The molecular weight excluding hydrogens is 254 g/mol. The van der Waals surface area contributed by atoms with E-state index < -0.39 is 13.0 Å². The summed E-state index contributed by atoms with van der Waals surface area (Å²) in [5.41, 5.74) is -0.0578. The summed E-state index contributed by atoms with van der Waals surface area (Å²) in [6, 6.07) is 0.